The topological polar surface area (TPSA) is 59.9 Å². The molecule has 5 nitrogen and oxygen atoms in total. The predicted octanol–water partition coefficient (Wildman–Crippen LogP) is 5.37. The molecule has 1 N–H and O–H groups in total. The summed E-state index contributed by atoms with van der Waals surface area (Å²) in [6.45, 7) is 2.38. The molecule has 3 aromatic carbocycles. The Morgan fingerprint density at radius 3 is 2.47 bits per heavy atom. The number of methoxy groups -OCH3 is 1. The van der Waals surface area contributed by atoms with E-state index in [4.69, 9.17) is 9.47 Å². The Morgan fingerprint density at radius 1 is 1.03 bits per heavy atom. The fraction of sp³-hybridized carbons (Fsp3) is 0.167. The summed E-state index contributed by atoms with van der Waals surface area (Å²) in [5, 5.41) is 3.81. The molecule has 0 fully saturated rings. The zero-order valence-corrected chi connectivity index (χ0v) is 17.4. The van der Waals surface area contributed by atoms with Crippen LogP contribution in [0.15, 0.2) is 71.8 Å². The molecule has 0 saturated carbocycles. The number of carbonyl (C=O) groups excluding carboxylic acids is 1. The van der Waals surface area contributed by atoms with Gasteiger partial charge < -0.3 is 9.47 Å². The Kier molecular flexibility index (Phi) is 7.14. The van der Waals surface area contributed by atoms with Crippen molar-refractivity contribution in [3.8, 4) is 11.5 Å². The van der Waals surface area contributed by atoms with Crippen molar-refractivity contribution in [2.45, 2.75) is 19.7 Å². The maximum atomic E-state index is 12.8. The smallest absolute Gasteiger partial charge is 0.416 e. The van der Waals surface area contributed by atoms with Gasteiger partial charge in [0.25, 0.3) is 5.91 Å². The molecule has 8 heteroatoms. The SMILES string of the molecule is COc1cc(/C=N\NC(=O)c2cccc(C(F)(F)F)c2)ccc1OCc1ccc(C)cc1. The number of hydrogen-bond donors (Lipinski definition) is 1. The fourth-order valence-corrected chi connectivity index (χ4v) is 2.80. The Bertz CT molecular complexity index is 1110. The highest BCUT2D eigenvalue weighted by molar-refractivity contribution is 5.95. The molecule has 0 saturated heterocycles. The summed E-state index contributed by atoms with van der Waals surface area (Å²) >= 11 is 0. The van der Waals surface area contributed by atoms with E-state index in [1.165, 1.54) is 25.5 Å². The first-order valence-corrected chi connectivity index (χ1v) is 9.63. The van der Waals surface area contributed by atoms with Crippen molar-refractivity contribution in [2.24, 2.45) is 5.10 Å². The van der Waals surface area contributed by atoms with Crippen LogP contribution in [0, 0.1) is 6.92 Å². The number of ether oxygens (including phenoxy) is 2. The fourth-order valence-electron chi connectivity index (χ4n) is 2.80. The van der Waals surface area contributed by atoms with Gasteiger partial charge in [0, 0.05) is 5.56 Å². The second-order valence-corrected chi connectivity index (χ2v) is 6.96. The van der Waals surface area contributed by atoms with Gasteiger partial charge in [-0.1, -0.05) is 35.9 Å². The minimum atomic E-state index is -4.53. The molecule has 32 heavy (non-hydrogen) atoms. The molecule has 0 atom stereocenters. The lowest BCUT2D eigenvalue weighted by molar-refractivity contribution is -0.137. The van der Waals surface area contributed by atoms with E-state index in [0.29, 0.717) is 23.7 Å². The summed E-state index contributed by atoms with van der Waals surface area (Å²) in [4.78, 5) is 12.1. The molecule has 1 amide bonds. The standard InChI is InChI=1S/C24H21F3N2O3/c1-16-6-8-17(9-7-16)15-32-21-11-10-18(12-22(21)31-2)14-28-29-23(30)19-4-3-5-20(13-19)24(25,26)27/h3-14H,15H2,1-2H3,(H,29,30)/b28-14-. The molecule has 3 aromatic rings. The Hall–Kier alpha value is -3.81. The number of nitrogens with one attached hydrogen (secondary N) is 1. The van der Waals surface area contributed by atoms with E-state index in [1.807, 2.05) is 31.2 Å². The minimum absolute atomic E-state index is 0.144. The van der Waals surface area contributed by atoms with Crippen LogP contribution in [-0.2, 0) is 12.8 Å². The predicted molar refractivity (Wildman–Crippen MR) is 115 cm³/mol. The lowest BCUT2D eigenvalue weighted by Crippen LogP contribution is -2.18. The van der Waals surface area contributed by atoms with Crippen molar-refractivity contribution < 1.29 is 27.4 Å². The summed E-state index contributed by atoms with van der Waals surface area (Å²) in [6.07, 6.45) is -3.17. The normalized spacial score (nSPS) is 11.4. The molecule has 0 aliphatic carbocycles. The molecule has 3 rings (SSSR count). The van der Waals surface area contributed by atoms with Gasteiger partial charge in [-0.15, -0.1) is 0 Å². The highest BCUT2D eigenvalue weighted by Gasteiger charge is 2.30. The van der Waals surface area contributed by atoms with Gasteiger partial charge in [-0.05, 0) is 54.4 Å². The summed E-state index contributed by atoms with van der Waals surface area (Å²) in [5.41, 5.74) is 3.96. The van der Waals surface area contributed by atoms with Crippen molar-refractivity contribution in [2.75, 3.05) is 7.11 Å². The minimum Gasteiger partial charge on any atom is -0.493 e. The first kappa shape index (κ1) is 22.9. The number of halogens is 3. The van der Waals surface area contributed by atoms with E-state index in [9.17, 15) is 18.0 Å². The van der Waals surface area contributed by atoms with Gasteiger partial charge in [0.1, 0.15) is 6.61 Å². The highest BCUT2D eigenvalue weighted by Crippen LogP contribution is 2.30. The number of aryl methyl sites for hydroxylation is 1. The highest BCUT2D eigenvalue weighted by atomic mass is 19.4. The van der Waals surface area contributed by atoms with E-state index in [-0.39, 0.29) is 5.56 Å². The number of alkyl halides is 3. The van der Waals surface area contributed by atoms with Crippen LogP contribution in [-0.4, -0.2) is 19.2 Å². The third kappa shape index (κ3) is 6.10. The summed E-state index contributed by atoms with van der Waals surface area (Å²) in [6, 6.07) is 17.2. The molecule has 0 aliphatic rings. The average molecular weight is 442 g/mol. The van der Waals surface area contributed by atoms with Crippen LogP contribution >= 0.6 is 0 Å². The zero-order chi connectivity index (χ0) is 23.1. The molecule has 0 aliphatic heterocycles. The van der Waals surface area contributed by atoms with E-state index in [2.05, 4.69) is 10.5 Å². The summed E-state index contributed by atoms with van der Waals surface area (Å²) in [7, 11) is 1.50. The van der Waals surface area contributed by atoms with Crippen LogP contribution in [0.3, 0.4) is 0 Å². The number of carbonyl (C=O) groups is 1. The molecule has 0 radical (unpaired) electrons. The average Bonchev–Trinajstić information content (AvgIpc) is 2.78. The lowest BCUT2D eigenvalue weighted by Gasteiger charge is -2.11. The van der Waals surface area contributed by atoms with Gasteiger partial charge in [0.2, 0.25) is 0 Å². The maximum Gasteiger partial charge on any atom is 0.416 e. The van der Waals surface area contributed by atoms with Crippen molar-refractivity contribution >= 4 is 12.1 Å². The first-order valence-electron chi connectivity index (χ1n) is 9.63. The molecular formula is C24H21F3N2O3. The van der Waals surface area contributed by atoms with E-state index < -0.39 is 17.6 Å². The van der Waals surface area contributed by atoms with Crippen LogP contribution in [0.5, 0.6) is 11.5 Å². The third-order valence-corrected chi connectivity index (χ3v) is 4.53. The Balaban J connectivity index is 1.63. The lowest BCUT2D eigenvalue weighted by atomic mass is 10.1. The number of benzene rings is 3. The number of hydrazone groups is 1. The van der Waals surface area contributed by atoms with Crippen LogP contribution in [0.2, 0.25) is 0 Å². The maximum absolute atomic E-state index is 12.8. The molecular weight excluding hydrogens is 421 g/mol. The van der Waals surface area contributed by atoms with Crippen LogP contribution < -0.4 is 14.9 Å². The van der Waals surface area contributed by atoms with Crippen LogP contribution in [0.4, 0.5) is 13.2 Å². The van der Waals surface area contributed by atoms with Gasteiger partial charge in [-0.2, -0.15) is 18.3 Å². The number of hydrogen-bond acceptors (Lipinski definition) is 4. The van der Waals surface area contributed by atoms with Gasteiger partial charge in [-0.3, -0.25) is 4.79 Å². The Labute approximate surface area is 183 Å². The Morgan fingerprint density at radius 2 is 1.78 bits per heavy atom. The summed E-state index contributed by atoms with van der Waals surface area (Å²) in [5.74, 6) is 0.265. The van der Waals surface area contributed by atoms with Crippen molar-refractivity contribution in [1.82, 2.24) is 5.43 Å². The van der Waals surface area contributed by atoms with Crippen molar-refractivity contribution in [1.29, 1.82) is 0 Å². The van der Waals surface area contributed by atoms with Gasteiger partial charge in [-0.25, -0.2) is 5.43 Å². The van der Waals surface area contributed by atoms with E-state index in [0.717, 1.165) is 23.3 Å². The van der Waals surface area contributed by atoms with Crippen LogP contribution in [0.25, 0.3) is 0 Å². The summed E-state index contributed by atoms with van der Waals surface area (Å²) < 4.78 is 49.5. The molecule has 0 unspecified atom stereocenters. The second-order valence-electron chi connectivity index (χ2n) is 6.96. The third-order valence-electron chi connectivity index (χ3n) is 4.53. The first-order chi connectivity index (χ1) is 15.3. The van der Waals surface area contributed by atoms with Crippen molar-refractivity contribution in [3.05, 3.63) is 94.5 Å². The monoisotopic (exact) mass is 442 g/mol. The van der Waals surface area contributed by atoms with E-state index in [1.54, 1.807) is 18.2 Å². The zero-order valence-electron chi connectivity index (χ0n) is 17.4. The quantitative estimate of drug-likeness (QED) is 0.396. The number of amides is 1. The molecule has 0 aromatic heterocycles. The van der Waals surface area contributed by atoms with Crippen molar-refractivity contribution in [3.63, 3.8) is 0 Å². The van der Waals surface area contributed by atoms with Gasteiger partial charge in [0.15, 0.2) is 11.5 Å². The molecule has 166 valence electrons. The molecule has 0 heterocycles. The number of rotatable bonds is 7. The molecule has 0 bridgehead atoms. The second kappa shape index (κ2) is 10.00. The number of nitrogens with zero attached hydrogens (tertiary/aromatic N) is 1. The van der Waals surface area contributed by atoms with Gasteiger partial charge in [0.05, 0.1) is 18.9 Å². The van der Waals surface area contributed by atoms with Crippen LogP contribution in [0.1, 0.15) is 32.6 Å². The van der Waals surface area contributed by atoms with E-state index >= 15 is 0 Å². The van der Waals surface area contributed by atoms with Gasteiger partial charge >= 0.3 is 6.18 Å². The largest absolute Gasteiger partial charge is 0.493 e. The molecule has 0 spiro atoms.